The summed E-state index contributed by atoms with van der Waals surface area (Å²) in [5, 5.41) is 0. The number of hydrogen-bond acceptors (Lipinski definition) is 3. The molecule has 0 aromatic rings. The first-order valence-corrected chi connectivity index (χ1v) is 6.90. The van der Waals surface area contributed by atoms with Crippen molar-refractivity contribution in [1.29, 1.82) is 0 Å². The molecule has 0 aliphatic heterocycles. The molecule has 0 saturated heterocycles. The zero-order valence-electron chi connectivity index (χ0n) is 13.6. The van der Waals surface area contributed by atoms with E-state index in [0.717, 1.165) is 12.8 Å². The lowest BCUT2D eigenvalue weighted by Crippen LogP contribution is -2.40. The fourth-order valence-corrected chi connectivity index (χ4v) is 2.60. The van der Waals surface area contributed by atoms with Crippen LogP contribution in [-0.2, 0) is 9.47 Å². The third-order valence-corrected chi connectivity index (χ3v) is 2.59. The van der Waals surface area contributed by atoms with Crippen LogP contribution in [0.25, 0.3) is 0 Å². The molecule has 3 heteroatoms. The smallest absolute Gasteiger partial charge is 0.102 e. The Morgan fingerprint density at radius 3 is 1.83 bits per heavy atom. The van der Waals surface area contributed by atoms with Crippen LogP contribution < -0.4 is 5.73 Å². The molecule has 0 aliphatic carbocycles. The van der Waals surface area contributed by atoms with Gasteiger partial charge in [-0.1, -0.05) is 20.8 Å². The molecule has 0 rings (SSSR count). The van der Waals surface area contributed by atoms with Gasteiger partial charge in [0.05, 0.1) is 17.8 Å². The van der Waals surface area contributed by atoms with Gasteiger partial charge in [-0.05, 0) is 52.9 Å². The molecule has 0 spiro atoms. The van der Waals surface area contributed by atoms with E-state index in [4.69, 9.17) is 15.2 Å². The van der Waals surface area contributed by atoms with E-state index in [-0.39, 0.29) is 22.8 Å². The Morgan fingerprint density at radius 1 is 0.944 bits per heavy atom. The monoisotopic (exact) mass is 259 g/mol. The number of ether oxygens (including phenoxy) is 2. The maximum atomic E-state index is 6.26. The largest absolute Gasteiger partial charge is 0.370 e. The van der Waals surface area contributed by atoms with E-state index >= 15 is 0 Å². The van der Waals surface area contributed by atoms with E-state index < -0.39 is 0 Å². The fraction of sp³-hybridized carbons (Fsp3) is 1.00. The molecule has 1 atom stereocenters. The summed E-state index contributed by atoms with van der Waals surface area (Å²) in [4.78, 5) is 0. The normalized spacial score (nSPS) is 15.8. The highest BCUT2D eigenvalue weighted by Crippen LogP contribution is 2.33. The molecule has 0 heterocycles. The quantitative estimate of drug-likeness (QED) is 0.709. The highest BCUT2D eigenvalue weighted by atomic mass is 16.5. The Labute approximate surface area is 113 Å². The minimum absolute atomic E-state index is 0.129. The van der Waals surface area contributed by atoms with Crippen molar-refractivity contribution in [2.24, 2.45) is 11.1 Å². The van der Waals surface area contributed by atoms with Gasteiger partial charge in [0.25, 0.3) is 0 Å². The zero-order valence-corrected chi connectivity index (χ0v) is 13.6. The topological polar surface area (TPSA) is 44.5 Å². The van der Waals surface area contributed by atoms with Crippen molar-refractivity contribution in [3.8, 4) is 0 Å². The van der Waals surface area contributed by atoms with Gasteiger partial charge in [-0.15, -0.1) is 0 Å². The third-order valence-electron chi connectivity index (χ3n) is 2.59. The first-order valence-electron chi connectivity index (χ1n) is 6.90. The lowest BCUT2D eigenvalue weighted by atomic mass is 9.83. The van der Waals surface area contributed by atoms with Gasteiger partial charge < -0.3 is 15.2 Å². The van der Waals surface area contributed by atoms with Crippen molar-refractivity contribution in [2.45, 2.75) is 85.7 Å². The van der Waals surface area contributed by atoms with Crippen LogP contribution in [0.3, 0.4) is 0 Å². The lowest BCUT2D eigenvalue weighted by Gasteiger charge is -2.39. The van der Waals surface area contributed by atoms with Gasteiger partial charge in [-0.2, -0.15) is 0 Å². The molecule has 0 saturated carbocycles. The molecule has 18 heavy (non-hydrogen) atoms. The predicted octanol–water partition coefficient (Wildman–Crippen LogP) is 3.71. The van der Waals surface area contributed by atoms with Gasteiger partial charge in [0.1, 0.15) is 6.23 Å². The number of hydrogen-bond donors (Lipinski definition) is 1. The molecule has 1 unspecified atom stereocenters. The Bertz CT molecular complexity index is 239. The maximum absolute atomic E-state index is 6.26. The Kier molecular flexibility index (Phi) is 6.31. The highest BCUT2D eigenvalue weighted by molar-refractivity contribution is 4.81. The Balaban J connectivity index is 4.28. The molecule has 0 fully saturated rings. The van der Waals surface area contributed by atoms with Crippen LogP contribution in [0.4, 0.5) is 0 Å². The molecule has 0 bridgehead atoms. The van der Waals surface area contributed by atoms with Crippen LogP contribution in [0.2, 0.25) is 0 Å². The average molecular weight is 259 g/mol. The van der Waals surface area contributed by atoms with Gasteiger partial charge >= 0.3 is 0 Å². The fourth-order valence-electron chi connectivity index (χ4n) is 2.60. The molecule has 0 aromatic carbocycles. The van der Waals surface area contributed by atoms with Gasteiger partial charge in [-0.3, -0.25) is 0 Å². The minimum Gasteiger partial charge on any atom is -0.370 e. The molecule has 110 valence electrons. The van der Waals surface area contributed by atoms with Gasteiger partial charge in [0.2, 0.25) is 0 Å². The van der Waals surface area contributed by atoms with E-state index in [9.17, 15) is 0 Å². The average Bonchev–Trinajstić information content (AvgIpc) is 1.93. The van der Waals surface area contributed by atoms with Crippen LogP contribution in [0, 0.1) is 5.41 Å². The van der Waals surface area contributed by atoms with E-state index in [1.165, 1.54) is 0 Å². The van der Waals surface area contributed by atoms with E-state index in [2.05, 4.69) is 48.5 Å². The second kappa shape index (κ2) is 6.36. The summed E-state index contributed by atoms with van der Waals surface area (Å²) in [5.74, 6) is 0. The van der Waals surface area contributed by atoms with Crippen LogP contribution in [0.1, 0.15) is 68.2 Å². The highest BCUT2D eigenvalue weighted by Gasteiger charge is 2.32. The van der Waals surface area contributed by atoms with Gasteiger partial charge in [-0.25, -0.2) is 0 Å². The summed E-state index contributed by atoms with van der Waals surface area (Å²) in [5.41, 5.74) is 5.52. The van der Waals surface area contributed by atoms with Gasteiger partial charge in [0, 0.05) is 0 Å². The first kappa shape index (κ1) is 17.9. The van der Waals surface area contributed by atoms with Crippen molar-refractivity contribution < 1.29 is 9.47 Å². The molecule has 2 N–H and O–H groups in total. The van der Waals surface area contributed by atoms with Crippen molar-refractivity contribution in [2.75, 3.05) is 6.61 Å². The molecular formula is C15H33NO2. The van der Waals surface area contributed by atoms with Crippen LogP contribution in [0.15, 0.2) is 0 Å². The SMILES string of the molecule is CC(N)OCCC(C)(C)OC(C)(C)CC(C)(C)C. The summed E-state index contributed by atoms with van der Waals surface area (Å²) in [6.07, 6.45) is 1.67. The molecule has 0 aliphatic rings. The van der Waals surface area contributed by atoms with Crippen molar-refractivity contribution in [3.63, 3.8) is 0 Å². The van der Waals surface area contributed by atoms with E-state index in [0.29, 0.717) is 6.61 Å². The third kappa shape index (κ3) is 9.86. The van der Waals surface area contributed by atoms with Crippen LogP contribution in [0.5, 0.6) is 0 Å². The zero-order chi connectivity index (χ0) is 14.6. The van der Waals surface area contributed by atoms with Crippen molar-refractivity contribution in [3.05, 3.63) is 0 Å². The van der Waals surface area contributed by atoms with Crippen molar-refractivity contribution >= 4 is 0 Å². The summed E-state index contributed by atoms with van der Waals surface area (Å²) >= 11 is 0. The van der Waals surface area contributed by atoms with E-state index in [1.54, 1.807) is 0 Å². The summed E-state index contributed by atoms with van der Waals surface area (Å²) in [7, 11) is 0. The molecule has 0 aromatic heterocycles. The van der Waals surface area contributed by atoms with E-state index in [1.807, 2.05) is 6.92 Å². The first-order chi connectivity index (χ1) is 7.83. The number of rotatable bonds is 7. The second-order valence-corrected chi connectivity index (χ2v) is 7.68. The lowest BCUT2D eigenvalue weighted by molar-refractivity contribution is -0.146. The molecule has 3 nitrogen and oxygen atoms in total. The standard InChI is InChI=1S/C15H33NO2/c1-12(16)17-10-9-14(5,6)18-15(7,8)11-13(2,3)4/h12H,9-11,16H2,1-8H3. The van der Waals surface area contributed by atoms with Crippen LogP contribution in [-0.4, -0.2) is 24.0 Å². The summed E-state index contributed by atoms with van der Waals surface area (Å²) in [6, 6.07) is 0. The Hall–Kier alpha value is -0.120. The van der Waals surface area contributed by atoms with Crippen LogP contribution >= 0.6 is 0 Å². The molecule has 0 amide bonds. The second-order valence-electron chi connectivity index (χ2n) is 7.68. The molecule has 0 radical (unpaired) electrons. The number of nitrogens with two attached hydrogens (primary N) is 1. The van der Waals surface area contributed by atoms with Crippen molar-refractivity contribution in [1.82, 2.24) is 0 Å². The summed E-state index contributed by atoms with van der Waals surface area (Å²) < 4.78 is 11.7. The molecular weight excluding hydrogens is 226 g/mol. The Morgan fingerprint density at radius 2 is 1.44 bits per heavy atom. The minimum atomic E-state index is -0.205. The van der Waals surface area contributed by atoms with Gasteiger partial charge in [0.15, 0.2) is 0 Å². The predicted molar refractivity (Wildman–Crippen MR) is 77.5 cm³/mol. The maximum Gasteiger partial charge on any atom is 0.102 e. The summed E-state index contributed by atoms with van der Waals surface area (Å²) in [6.45, 7) is 17.7.